The minimum Gasteiger partial charge on any atom is -0.478 e. The average molecular weight is 151 g/mol. The van der Waals surface area contributed by atoms with Crippen molar-refractivity contribution in [2.75, 3.05) is 0 Å². The highest BCUT2D eigenvalue weighted by atomic mass is 16.4. The van der Waals surface area contributed by atoms with Crippen molar-refractivity contribution in [2.45, 2.75) is 0 Å². The number of carboxylic acids is 2. The van der Waals surface area contributed by atoms with Gasteiger partial charge in [-0.05, 0) is 0 Å². The Hall–Kier alpha value is -1.40. The zero-order valence-electron chi connectivity index (χ0n) is 6.20. The average Bonchev–Trinajstić information content (AvgIpc) is 1.63. The summed E-state index contributed by atoms with van der Waals surface area (Å²) in [6.45, 7) is 0. The lowest BCUT2D eigenvalue weighted by Gasteiger charge is -1.74. The summed E-state index contributed by atoms with van der Waals surface area (Å²) in [7, 11) is 0. The SMILES string of the molecule is N.N.[2H]/C(=C\C(=O)O)C(=O)O. The molecule has 0 unspecified atom stereocenters. The third kappa shape index (κ3) is 16.0. The van der Waals surface area contributed by atoms with E-state index in [0.29, 0.717) is 6.08 Å². The number of carboxylic acid groups (broad SMARTS) is 2. The Balaban J connectivity index is -0.000000320. The first-order chi connectivity index (χ1) is 4.04. The van der Waals surface area contributed by atoms with Gasteiger partial charge < -0.3 is 22.5 Å². The molecule has 0 amide bonds. The Labute approximate surface area is 58.7 Å². The minimum atomic E-state index is -1.54. The summed E-state index contributed by atoms with van der Waals surface area (Å²) in [6, 6.07) is -0.928. The maximum atomic E-state index is 9.72. The fourth-order valence-corrected chi connectivity index (χ4v) is 0.123. The van der Waals surface area contributed by atoms with Gasteiger partial charge in [-0.1, -0.05) is 0 Å². The van der Waals surface area contributed by atoms with Crippen LogP contribution in [0.15, 0.2) is 12.1 Å². The van der Waals surface area contributed by atoms with Crippen molar-refractivity contribution in [3.63, 3.8) is 0 Å². The second kappa shape index (κ2) is 7.60. The maximum Gasteiger partial charge on any atom is 0.328 e. The predicted molar refractivity (Wildman–Crippen MR) is 34.5 cm³/mol. The summed E-state index contributed by atoms with van der Waals surface area (Å²) < 4.78 is 6.44. The van der Waals surface area contributed by atoms with E-state index in [4.69, 9.17) is 11.6 Å². The highest BCUT2D eigenvalue weighted by molar-refractivity contribution is 5.89. The Kier molecular flexibility index (Phi) is 8.67. The van der Waals surface area contributed by atoms with Crippen LogP contribution in [-0.4, -0.2) is 22.2 Å². The quantitative estimate of drug-likeness (QED) is 0.410. The molecule has 0 radical (unpaired) electrons. The first-order valence-electron chi connectivity index (χ1n) is 2.18. The van der Waals surface area contributed by atoms with Crippen LogP contribution < -0.4 is 12.3 Å². The van der Waals surface area contributed by atoms with Crippen LogP contribution in [0.1, 0.15) is 1.37 Å². The number of hydrogen-bond donors (Lipinski definition) is 4. The Bertz CT molecular complexity index is 179. The van der Waals surface area contributed by atoms with E-state index in [-0.39, 0.29) is 12.3 Å². The molecular weight excluding hydrogens is 140 g/mol. The molecule has 0 saturated carbocycles. The van der Waals surface area contributed by atoms with E-state index in [2.05, 4.69) is 0 Å². The van der Waals surface area contributed by atoms with E-state index >= 15 is 0 Å². The second-order valence-electron chi connectivity index (χ2n) is 0.932. The monoisotopic (exact) mass is 151 g/mol. The van der Waals surface area contributed by atoms with Gasteiger partial charge in [0, 0.05) is 12.1 Å². The van der Waals surface area contributed by atoms with Gasteiger partial charge in [-0.2, -0.15) is 0 Å². The second-order valence-corrected chi connectivity index (χ2v) is 0.932. The Morgan fingerprint density at radius 3 is 1.70 bits per heavy atom. The number of rotatable bonds is 2. The molecule has 0 fully saturated rings. The third-order valence-electron chi connectivity index (χ3n) is 0.319. The van der Waals surface area contributed by atoms with Gasteiger partial charge in [0.05, 0.1) is 1.37 Å². The fraction of sp³-hybridized carbons (Fsp3) is 0. The fourth-order valence-electron chi connectivity index (χ4n) is 0.123. The van der Waals surface area contributed by atoms with Gasteiger partial charge in [0.1, 0.15) is 0 Å². The molecule has 6 heteroatoms. The van der Waals surface area contributed by atoms with E-state index in [1.165, 1.54) is 0 Å². The van der Waals surface area contributed by atoms with E-state index in [0.717, 1.165) is 0 Å². The lowest BCUT2D eigenvalue weighted by molar-refractivity contribution is -0.134. The molecule has 0 aromatic heterocycles. The molecule has 0 bridgehead atoms. The van der Waals surface area contributed by atoms with Crippen LogP contribution in [0.2, 0.25) is 0 Å². The first kappa shape index (κ1) is 11.4. The summed E-state index contributed by atoms with van der Waals surface area (Å²) in [5.41, 5.74) is 0. The minimum absolute atomic E-state index is 0. The van der Waals surface area contributed by atoms with E-state index in [1.807, 2.05) is 0 Å². The van der Waals surface area contributed by atoms with Gasteiger partial charge in [0.2, 0.25) is 0 Å². The van der Waals surface area contributed by atoms with Gasteiger partial charge >= 0.3 is 11.9 Å². The largest absolute Gasteiger partial charge is 0.478 e. The van der Waals surface area contributed by atoms with Gasteiger partial charge in [0.25, 0.3) is 0 Å². The number of carbonyl (C=O) groups is 2. The third-order valence-corrected chi connectivity index (χ3v) is 0.319. The first-order valence-corrected chi connectivity index (χ1v) is 1.68. The Morgan fingerprint density at radius 2 is 1.60 bits per heavy atom. The molecule has 6 nitrogen and oxygen atoms in total. The van der Waals surface area contributed by atoms with Gasteiger partial charge in [-0.15, -0.1) is 0 Å². The molecule has 0 spiro atoms. The van der Waals surface area contributed by atoms with E-state index < -0.39 is 18.0 Å². The van der Waals surface area contributed by atoms with Gasteiger partial charge in [0.15, 0.2) is 0 Å². The lowest BCUT2D eigenvalue weighted by atomic mass is 10.5. The Morgan fingerprint density at radius 1 is 1.20 bits per heavy atom. The number of hydrogen-bond acceptors (Lipinski definition) is 4. The molecule has 0 rings (SSSR count). The molecular formula is C4H10N2O4. The van der Waals surface area contributed by atoms with Crippen LogP contribution in [0.3, 0.4) is 0 Å². The van der Waals surface area contributed by atoms with Crippen molar-refractivity contribution in [2.24, 2.45) is 0 Å². The standard InChI is InChI=1S/C4H4O4.2H3N/c5-3(6)1-2-4(7)8;;/h1-2H,(H,5,6)(H,7,8);2*1H3/b2-1+;;/i1D;;. The van der Waals surface area contributed by atoms with Crippen LogP contribution in [0, 0.1) is 0 Å². The van der Waals surface area contributed by atoms with Crippen molar-refractivity contribution < 1.29 is 21.2 Å². The molecule has 0 atom stereocenters. The van der Waals surface area contributed by atoms with Crippen molar-refractivity contribution in [3.8, 4) is 0 Å². The molecule has 0 aliphatic heterocycles. The molecule has 0 aromatic carbocycles. The predicted octanol–water partition coefficient (Wildman–Crippen LogP) is 0.0358. The van der Waals surface area contributed by atoms with Gasteiger partial charge in [-0.3, -0.25) is 0 Å². The van der Waals surface area contributed by atoms with E-state index in [1.54, 1.807) is 0 Å². The smallest absolute Gasteiger partial charge is 0.328 e. The zero-order chi connectivity index (χ0) is 7.44. The van der Waals surface area contributed by atoms with Crippen LogP contribution in [0.5, 0.6) is 0 Å². The summed E-state index contributed by atoms with van der Waals surface area (Å²) in [5, 5.41) is 15.8. The van der Waals surface area contributed by atoms with Crippen LogP contribution >= 0.6 is 0 Å². The zero-order valence-corrected chi connectivity index (χ0v) is 5.20. The summed E-state index contributed by atoms with van der Waals surface area (Å²) in [5.74, 6) is -2.97. The van der Waals surface area contributed by atoms with Crippen molar-refractivity contribution in [1.82, 2.24) is 12.3 Å². The van der Waals surface area contributed by atoms with Crippen LogP contribution in [-0.2, 0) is 9.59 Å². The number of aliphatic carboxylic acids is 2. The maximum absolute atomic E-state index is 9.72. The van der Waals surface area contributed by atoms with Crippen LogP contribution in [0.25, 0.3) is 0 Å². The molecule has 0 heterocycles. The molecule has 60 valence electrons. The highest BCUT2D eigenvalue weighted by Gasteiger charge is 1.88. The molecule has 10 heavy (non-hydrogen) atoms. The van der Waals surface area contributed by atoms with E-state index in [9.17, 15) is 9.59 Å². The summed E-state index contributed by atoms with van der Waals surface area (Å²) in [6.07, 6.45) is 0.308. The van der Waals surface area contributed by atoms with Crippen molar-refractivity contribution >= 4 is 11.9 Å². The van der Waals surface area contributed by atoms with Gasteiger partial charge in [-0.25, -0.2) is 9.59 Å². The molecule has 8 N–H and O–H groups in total. The molecule has 0 aliphatic rings. The lowest BCUT2D eigenvalue weighted by Crippen LogP contribution is -1.91. The van der Waals surface area contributed by atoms with Crippen LogP contribution in [0.4, 0.5) is 0 Å². The van der Waals surface area contributed by atoms with Crippen molar-refractivity contribution in [1.29, 1.82) is 0 Å². The topological polar surface area (TPSA) is 145 Å². The molecule has 0 saturated heterocycles. The molecule has 0 aromatic rings. The normalized spacial score (nSPS) is 10.0. The highest BCUT2D eigenvalue weighted by Crippen LogP contribution is 1.70. The molecule has 0 aliphatic carbocycles. The summed E-state index contributed by atoms with van der Waals surface area (Å²) in [4.78, 5) is 19.4. The summed E-state index contributed by atoms with van der Waals surface area (Å²) >= 11 is 0. The van der Waals surface area contributed by atoms with Crippen molar-refractivity contribution in [3.05, 3.63) is 12.1 Å².